The Morgan fingerprint density at radius 3 is 0.925 bits per heavy atom. The molecule has 0 saturated heterocycles. The van der Waals surface area contributed by atoms with E-state index in [1.54, 1.807) is 12.1 Å². The fraction of sp³-hybridized carbons (Fsp3) is 0.400. The molecule has 0 heterocycles. The van der Waals surface area contributed by atoms with Crippen LogP contribution in [0, 0.1) is 0 Å². The van der Waals surface area contributed by atoms with E-state index in [-0.39, 0.29) is 12.6 Å². The lowest BCUT2D eigenvalue weighted by Crippen LogP contribution is -2.19. The minimum Gasteiger partial charge on any atom is -0.508 e. The number of ether oxygens (including phenoxy) is 6. The zero-order valence-electron chi connectivity index (χ0n) is 42.1. The molecule has 0 amide bonds. The summed E-state index contributed by atoms with van der Waals surface area (Å²) in [6.45, 7) is 23.5. The van der Waals surface area contributed by atoms with Crippen LogP contribution in [0.3, 0.4) is 0 Å². The minimum atomic E-state index is -0.302. The topological polar surface area (TPSA) is 75.6 Å². The molecule has 0 aliphatic carbocycles. The second-order valence-corrected chi connectivity index (χ2v) is 16.8. The Kier molecular flexibility index (Phi) is 27.2. The van der Waals surface area contributed by atoms with Crippen molar-refractivity contribution in [2.75, 3.05) is 26.4 Å². The van der Waals surface area contributed by atoms with Crippen molar-refractivity contribution in [3.05, 3.63) is 186 Å². The number of hydrogen-bond acceptors (Lipinski definition) is 7. The predicted octanol–water partition coefficient (Wildman–Crippen LogP) is 16.1. The zero-order valence-corrected chi connectivity index (χ0v) is 42.1. The SMILES string of the molecule is CCC(C)c1ccc(O)cc1.CCC(C)c1ccc(OC(C)OCCOc2ccccc2)cc1.CCC(C)c1ccc(OC(C)OCCOc2ccccc2)cc1.CCC(C)c1ccccc1. The lowest BCUT2D eigenvalue weighted by Gasteiger charge is -2.16. The average molecular weight is 913 g/mol. The molecular weight excluding hydrogens is 833 g/mol. The standard InChI is InChI=1S/2C20H26O3.C10H14O.C10H14/c2*1-4-16(2)18-10-12-20(13-11-18)23-17(3)21-14-15-22-19-8-6-5-7-9-19;1-3-8(2)9-4-6-10(11)7-5-9;1-3-9(2)10-7-5-4-6-8-10/h2*5-13,16-17H,4,14-15H2,1-3H3;4-8,11H,3H2,1-2H3;4-9H,3H2,1-2H3. The first-order valence-electron chi connectivity index (χ1n) is 24.4. The van der Waals surface area contributed by atoms with Gasteiger partial charge in [-0.3, -0.25) is 0 Å². The predicted molar refractivity (Wildman–Crippen MR) is 278 cm³/mol. The highest BCUT2D eigenvalue weighted by Gasteiger charge is 2.09. The largest absolute Gasteiger partial charge is 0.508 e. The highest BCUT2D eigenvalue weighted by molar-refractivity contribution is 5.31. The fourth-order valence-electron chi connectivity index (χ4n) is 6.51. The number of phenols is 1. The number of phenolic OH excluding ortho intramolecular Hbond substituents is 1. The molecule has 0 aliphatic heterocycles. The van der Waals surface area contributed by atoms with Gasteiger partial charge in [-0.2, -0.15) is 0 Å². The molecule has 0 saturated carbocycles. The first-order valence-corrected chi connectivity index (χ1v) is 24.4. The summed E-state index contributed by atoms with van der Waals surface area (Å²) in [6.07, 6.45) is 4.05. The van der Waals surface area contributed by atoms with Gasteiger partial charge in [0.2, 0.25) is 0 Å². The summed E-state index contributed by atoms with van der Waals surface area (Å²) in [5.74, 6) is 6.16. The molecule has 0 bridgehead atoms. The van der Waals surface area contributed by atoms with Gasteiger partial charge in [0, 0.05) is 0 Å². The fourth-order valence-corrected chi connectivity index (χ4v) is 6.51. The molecule has 6 atom stereocenters. The van der Waals surface area contributed by atoms with Crippen LogP contribution in [0.15, 0.2) is 164 Å². The first-order chi connectivity index (χ1) is 32.5. The van der Waals surface area contributed by atoms with Crippen LogP contribution in [0.4, 0.5) is 0 Å². The smallest absolute Gasteiger partial charge is 0.197 e. The van der Waals surface area contributed by atoms with Crippen molar-refractivity contribution in [2.45, 2.75) is 131 Å². The number of hydrogen-bond donors (Lipinski definition) is 1. The molecule has 1 N–H and O–H groups in total. The van der Waals surface area contributed by atoms with Gasteiger partial charge in [-0.15, -0.1) is 0 Å². The second kappa shape index (κ2) is 32.8. The molecule has 0 spiro atoms. The summed E-state index contributed by atoms with van der Waals surface area (Å²) in [5, 5.41) is 9.01. The van der Waals surface area contributed by atoms with Crippen LogP contribution in [-0.2, 0) is 9.47 Å². The Morgan fingerprint density at radius 2 is 0.612 bits per heavy atom. The van der Waals surface area contributed by atoms with E-state index in [1.165, 1.54) is 28.7 Å². The molecule has 67 heavy (non-hydrogen) atoms. The summed E-state index contributed by atoms with van der Waals surface area (Å²) >= 11 is 0. The van der Waals surface area contributed by atoms with Crippen LogP contribution < -0.4 is 18.9 Å². The van der Waals surface area contributed by atoms with E-state index in [0.29, 0.717) is 55.8 Å². The van der Waals surface area contributed by atoms with E-state index in [9.17, 15) is 0 Å². The Morgan fingerprint density at radius 1 is 0.328 bits per heavy atom. The lowest BCUT2D eigenvalue weighted by molar-refractivity contribution is -0.0741. The molecule has 0 radical (unpaired) electrons. The van der Waals surface area contributed by atoms with Crippen molar-refractivity contribution in [1.82, 2.24) is 0 Å². The number of rotatable bonds is 22. The average Bonchev–Trinajstić information content (AvgIpc) is 3.37. The highest BCUT2D eigenvalue weighted by atomic mass is 16.7. The minimum absolute atomic E-state index is 0.302. The third-order valence-corrected chi connectivity index (χ3v) is 11.7. The highest BCUT2D eigenvalue weighted by Crippen LogP contribution is 2.24. The molecule has 0 aliphatic rings. The summed E-state index contributed by atoms with van der Waals surface area (Å²) in [5.41, 5.74) is 5.42. The Balaban J connectivity index is 0.000000252. The Labute approximate surface area is 404 Å². The van der Waals surface area contributed by atoms with Gasteiger partial charge >= 0.3 is 0 Å². The van der Waals surface area contributed by atoms with Gasteiger partial charge in [-0.1, -0.05) is 159 Å². The molecule has 6 aromatic carbocycles. The van der Waals surface area contributed by atoms with Gasteiger partial charge < -0.3 is 33.5 Å². The van der Waals surface area contributed by atoms with Crippen molar-refractivity contribution in [3.8, 4) is 28.7 Å². The molecule has 0 fully saturated rings. The van der Waals surface area contributed by atoms with Crippen molar-refractivity contribution in [3.63, 3.8) is 0 Å². The van der Waals surface area contributed by atoms with Crippen molar-refractivity contribution < 1.29 is 33.5 Å². The number of benzene rings is 6. The third-order valence-electron chi connectivity index (χ3n) is 11.7. The van der Waals surface area contributed by atoms with E-state index in [0.717, 1.165) is 42.3 Å². The van der Waals surface area contributed by atoms with E-state index < -0.39 is 0 Å². The van der Waals surface area contributed by atoms with Gasteiger partial charge in [0.05, 0.1) is 13.2 Å². The normalized spacial score (nSPS) is 13.2. The van der Waals surface area contributed by atoms with Crippen molar-refractivity contribution in [1.29, 1.82) is 0 Å². The van der Waals surface area contributed by atoms with E-state index in [4.69, 9.17) is 33.5 Å². The lowest BCUT2D eigenvalue weighted by atomic mass is 9.99. The first kappa shape index (κ1) is 55.6. The summed E-state index contributed by atoms with van der Waals surface area (Å²) in [6, 6.07) is 54.0. The van der Waals surface area contributed by atoms with Crippen LogP contribution in [0.5, 0.6) is 28.7 Å². The van der Waals surface area contributed by atoms with Crippen LogP contribution in [-0.4, -0.2) is 44.1 Å². The molecule has 6 unspecified atom stereocenters. The third kappa shape index (κ3) is 23.0. The summed E-state index contributed by atoms with van der Waals surface area (Å²) in [7, 11) is 0. The van der Waals surface area contributed by atoms with Crippen molar-refractivity contribution >= 4 is 0 Å². The Hall–Kier alpha value is -5.76. The van der Waals surface area contributed by atoms with E-state index in [2.05, 4.69) is 110 Å². The maximum absolute atomic E-state index is 9.01. The summed E-state index contributed by atoms with van der Waals surface area (Å²) < 4.78 is 33.9. The van der Waals surface area contributed by atoms with Crippen LogP contribution in [0.25, 0.3) is 0 Å². The Bertz CT molecular complexity index is 1970. The number of aromatic hydroxyl groups is 1. The van der Waals surface area contributed by atoms with Gasteiger partial charge in [0.25, 0.3) is 0 Å². The second-order valence-electron chi connectivity index (χ2n) is 16.8. The van der Waals surface area contributed by atoms with Gasteiger partial charge in [0.1, 0.15) is 42.0 Å². The molecular formula is C60H80O7. The summed E-state index contributed by atoms with van der Waals surface area (Å²) in [4.78, 5) is 0. The molecule has 7 heteroatoms. The molecule has 0 aromatic heterocycles. The van der Waals surface area contributed by atoms with Crippen molar-refractivity contribution in [2.24, 2.45) is 0 Å². The van der Waals surface area contributed by atoms with Gasteiger partial charge in [-0.05, 0) is 146 Å². The van der Waals surface area contributed by atoms with Crippen LogP contribution in [0.2, 0.25) is 0 Å². The van der Waals surface area contributed by atoms with E-state index >= 15 is 0 Å². The quantitative estimate of drug-likeness (QED) is 0.0537. The molecule has 362 valence electrons. The maximum Gasteiger partial charge on any atom is 0.197 e. The van der Waals surface area contributed by atoms with E-state index in [1.807, 2.05) is 111 Å². The molecule has 6 rings (SSSR count). The molecule has 6 aromatic rings. The van der Waals surface area contributed by atoms with Crippen LogP contribution in [0.1, 0.15) is 141 Å². The van der Waals surface area contributed by atoms with Gasteiger partial charge in [-0.25, -0.2) is 0 Å². The maximum atomic E-state index is 9.01. The molecule has 7 nitrogen and oxygen atoms in total. The van der Waals surface area contributed by atoms with Crippen LogP contribution >= 0.6 is 0 Å². The zero-order chi connectivity index (χ0) is 48.7. The number of para-hydroxylation sites is 2. The van der Waals surface area contributed by atoms with Gasteiger partial charge in [0.15, 0.2) is 12.6 Å². The monoisotopic (exact) mass is 913 g/mol.